The SMILES string of the molecule is C.O=C(NCCCn1ccnc1)[C@H]1CN([C@@H]2c3ncccc3CCc3cccc(Cl)c32)CCN1.O=C(NCCCn1ccnc1)[C@H]1CN([C@H]2c3ncccc3CCc3cccc(Cl)c32)CCN1. The third-order valence-electron chi connectivity index (χ3n) is 13.2. The van der Waals surface area contributed by atoms with Gasteiger partial charge in [-0.1, -0.05) is 67.0 Å². The summed E-state index contributed by atoms with van der Waals surface area (Å²) in [6.45, 7) is 7.31. The number of carbonyl (C=O) groups is 2. The molecule has 0 spiro atoms. The number of aromatic nitrogens is 6. The first kappa shape index (κ1) is 48.0. The fourth-order valence-electron chi connectivity index (χ4n) is 9.95. The quantitative estimate of drug-likeness (QED) is 0.110. The number of rotatable bonds is 12. The van der Waals surface area contributed by atoms with Crippen molar-refractivity contribution >= 4 is 35.0 Å². The molecule has 14 nitrogen and oxygen atoms in total. The maximum absolute atomic E-state index is 13.0. The van der Waals surface area contributed by atoms with Gasteiger partial charge in [-0.05, 0) is 96.2 Å². The van der Waals surface area contributed by atoms with E-state index < -0.39 is 0 Å². The van der Waals surface area contributed by atoms with Crippen LogP contribution in [0.2, 0.25) is 10.0 Å². The molecular formula is C51H62Cl2N12O2. The number of aryl methyl sites for hydroxylation is 6. The van der Waals surface area contributed by atoms with Crippen molar-refractivity contribution in [1.82, 2.24) is 60.1 Å². The molecule has 2 aliphatic carbocycles. The van der Waals surface area contributed by atoms with E-state index in [-0.39, 0.29) is 43.4 Å². The highest BCUT2D eigenvalue weighted by molar-refractivity contribution is 6.32. The molecule has 2 aromatic carbocycles. The van der Waals surface area contributed by atoms with E-state index in [1.807, 2.05) is 70.3 Å². The number of hydrogen-bond donors (Lipinski definition) is 4. The lowest BCUT2D eigenvalue weighted by Crippen LogP contribution is -2.58. The highest BCUT2D eigenvalue weighted by atomic mass is 35.5. The first-order valence-electron chi connectivity index (χ1n) is 23.2. The standard InChI is InChI=1S/2C25H29ClN6O.CH4/c2*26-20-6-1-4-18-7-8-19-5-2-9-29-23(19)24(22(18)20)32-15-12-28-21(16-32)25(33)30-10-3-13-31-14-11-27-17-31;/h2*1-2,4-6,9,11,14,17,21,24,28H,3,7-8,10,12-13,15-16H2,(H,30,33);1H4/t21-,24+;21-,24-;/m11./s1. The zero-order chi connectivity index (χ0) is 45.2. The number of carbonyl (C=O) groups excluding carboxylic acids is 2. The van der Waals surface area contributed by atoms with Crippen LogP contribution in [0.5, 0.6) is 0 Å². The van der Waals surface area contributed by atoms with Gasteiger partial charge in [0.1, 0.15) is 0 Å². The first-order chi connectivity index (χ1) is 32.4. The molecule has 2 amide bonds. The Morgan fingerprint density at radius 3 is 1.46 bits per heavy atom. The first-order valence-corrected chi connectivity index (χ1v) is 24.0. The fraction of sp³-hybridized carbons (Fsp3) is 0.412. The monoisotopic (exact) mass is 944 g/mol. The van der Waals surface area contributed by atoms with E-state index in [1.54, 1.807) is 25.0 Å². The number of hydrogen-bond acceptors (Lipinski definition) is 10. The van der Waals surface area contributed by atoms with Crippen LogP contribution in [0, 0.1) is 0 Å². The van der Waals surface area contributed by atoms with Crippen molar-refractivity contribution in [2.75, 3.05) is 52.4 Å². The van der Waals surface area contributed by atoms with Crippen molar-refractivity contribution < 1.29 is 9.59 Å². The number of fused-ring (bicyclic) bond motifs is 4. The Kier molecular flexibility index (Phi) is 16.5. The van der Waals surface area contributed by atoms with Crippen molar-refractivity contribution in [3.05, 3.63) is 165 Å². The number of nitrogens with zero attached hydrogens (tertiary/aromatic N) is 8. The second kappa shape index (κ2) is 23.0. The summed E-state index contributed by atoms with van der Waals surface area (Å²) in [6, 6.07) is 20.0. The summed E-state index contributed by atoms with van der Waals surface area (Å²) in [5, 5.41) is 14.5. The molecule has 0 saturated carbocycles. The van der Waals surface area contributed by atoms with E-state index in [0.717, 1.165) is 110 Å². The van der Waals surface area contributed by atoms with Gasteiger partial charge in [-0.3, -0.25) is 29.4 Å². The maximum atomic E-state index is 13.0. The number of amides is 2. The second-order valence-corrected chi connectivity index (χ2v) is 18.2. The summed E-state index contributed by atoms with van der Waals surface area (Å²) in [5.74, 6) is 0.0826. The number of imidazole rings is 2. The van der Waals surface area contributed by atoms with Gasteiger partial charge < -0.3 is 30.4 Å². The van der Waals surface area contributed by atoms with E-state index >= 15 is 0 Å². The van der Waals surface area contributed by atoms with Crippen LogP contribution < -0.4 is 21.3 Å². The van der Waals surface area contributed by atoms with Gasteiger partial charge in [-0.15, -0.1) is 0 Å². The zero-order valence-electron chi connectivity index (χ0n) is 37.2. The predicted molar refractivity (Wildman–Crippen MR) is 263 cm³/mol. The van der Waals surface area contributed by atoms with Gasteiger partial charge in [0.2, 0.25) is 11.8 Å². The average Bonchev–Trinajstić information content (AvgIpc) is 4.02. The molecule has 67 heavy (non-hydrogen) atoms. The summed E-state index contributed by atoms with van der Waals surface area (Å²) in [6.07, 6.45) is 20.2. The van der Waals surface area contributed by atoms with Gasteiger partial charge in [0.15, 0.2) is 0 Å². The van der Waals surface area contributed by atoms with Crippen LogP contribution in [0.1, 0.15) is 77.1 Å². The molecule has 6 heterocycles. The Morgan fingerprint density at radius 2 is 1.03 bits per heavy atom. The van der Waals surface area contributed by atoms with E-state index in [9.17, 15) is 9.59 Å². The number of pyridine rings is 2. The van der Waals surface area contributed by atoms with Crippen molar-refractivity contribution in [2.24, 2.45) is 0 Å². The minimum absolute atomic E-state index is 0. The normalized spacial score (nSPS) is 20.2. The number of benzene rings is 2. The fourth-order valence-corrected chi connectivity index (χ4v) is 10.5. The predicted octanol–water partition coefficient (Wildman–Crippen LogP) is 5.84. The molecule has 0 unspecified atom stereocenters. The molecule has 2 saturated heterocycles. The van der Waals surface area contributed by atoms with Crippen LogP contribution in [0.25, 0.3) is 0 Å². The topological polar surface area (TPSA) is 150 Å². The Bertz CT molecular complexity index is 2380. The molecule has 10 rings (SSSR count). The van der Waals surface area contributed by atoms with Crippen molar-refractivity contribution in [3.8, 4) is 0 Å². The van der Waals surface area contributed by atoms with Crippen molar-refractivity contribution in [3.63, 3.8) is 0 Å². The summed E-state index contributed by atoms with van der Waals surface area (Å²) < 4.78 is 4.04. The molecule has 352 valence electrons. The largest absolute Gasteiger partial charge is 0.355 e. The molecule has 2 aliphatic heterocycles. The molecule has 0 radical (unpaired) electrons. The summed E-state index contributed by atoms with van der Waals surface area (Å²) in [4.78, 5) is 48.4. The molecule has 16 heteroatoms. The van der Waals surface area contributed by atoms with E-state index in [0.29, 0.717) is 26.2 Å². The van der Waals surface area contributed by atoms with Gasteiger partial charge in [0.25, 0.3) is 0 Å². The minimum Gasteiger partial charge on any atom is -0.355 e. The average molecular weight is 946 g/mol. The molecule has 0 bridgehead atoms. The molecule has 4 N–H and O–H groups in total. The summed E-state index contributed by atoms with van der Waals surface area (Å²) in [5.41, 5.74) is 9.45. The van der Waals surface area contributed by atoms with Gasteiger partial charge in [-0.25, -0.2) is 9.97 Å². The van der Waals surface area contributed by atoms with Gasteiger partial charge in [0, 0.05) is 113 Å². The summed E-state index contributed by atoms with van der Waals surface area (Å²) in [7, 11) is 0. The van der Waals surface area contributed by atoms with Crippen LogP contribution in [0.3, 0.4) is 0 Å². The Morgan fingerprint density at radius 1 is 0.597 bits per heavy atom. The van der Waals surface area contributed by atoms with E-state index in [4.69, 9.17) is 33.2 Å². The van der Waals surface area contributed by atoms with Crippen LogP contribution >= 0.6 is 23.2 Å². The van der Waals surface area contributed by atoms with Gasteiger partial charge >= 0.3 is 0 Å². The highest BCUT2D eigenvalue weighted by Gasteiger charge is 2.37. The molecule has 2 fully saturated rings. The van der Waals surface area contributed by atoms with E-state index in [1.165, 1.54) is 22.3 Å². The number of piperazine rings is 2. The van der Waals surface area contributed by atoms with Crippen LogP contribution in [-0.2, 0) is 48.4 Å². The lowest BCUT2D eigenvalue weighted by molar-refractivity contribution is -0.125. The maximum Gasteiger partial charge on any atom is 0.238 e. The third kappa shape index (κ3) is 11.5. The number of halogens is 2. The van der Waals surface area contributed by atoms with Crippen molar-refractivity contribution in [2.45, 2.75) is 83.2 Å². The Labute approximate surface area is 403 Å². The lowest BCUT2D eigenvalue weighted by Gasteiger charge is -2.39. The number of nitrogens with one attached hydrogen (secondary N) is 4. The molecule has 4 aliphatic rings. The molecule has 6 aromatic rings. The Balaban J connectivity index is 0.000000179. The van der Waals surface area contributed by atoms with Crippen LogP contribution in [0.4, 0.5) is 0 Å². The van der Waals surface area contributed by atoms with Gasteiger partial charge in [-0.2, -0.15) is 0 Å². The van der Waals surface area contributed by atoms with Crippen LogP contribution in [0.15, 0.2) is 110 Å². The Hall–Kier alpha value is -5.48. The lowest BCUT2D eigenvalue weighted by atomic mass is 9.95. The van der Waals surface area contributed by atoms with Crippen molar-refractivity contribution in [1.29, 1.82) is 0 Å². The molecular weight excluding hydrogens is 884 g/mol. The molecule has 4 atom stereocenters. The minimum atomic E-state index is -0.270. The van der Waals surface area contributed by atoms with Gasteiger partial charge in [0.05, 0.1) is 48.2 Å². The van der Waals surface area contributed by atoms with E-state index in [2.05, 4.69) is 65.3 Å². The highest BCUT2D eigenvalue weighted by Crippen LogP contribution is 2.41. The smallest absolute Gasteiger partial charge is 0.238 e. The van der Waals surface area contributed by atoms with Crippen LogP contribution in [-0.4, -0.2) is 115 Å². The third-order valence-corrected chi connectivity index (χ3v) is 13.9. The zero-order valence-corrected chi connectivity index (χ0v) is 38.7. The summed E-state index contributed by atoms with van der Waals surface area (Å²) >= 11 is 13.5. The second-order valence-electron chi connectivity index (χ2n) is 17.4. The molecule has 4 aromatic heterocycles.